The lowest BCUT2D eigenvalue weighted by atomic mass is 9.95. The summed E-state index contributed by atoms with van der Waals surface area (Å²) in [5.41, 5.74) is 3.22. The second-order valence-corrected chi connectivity index (χ2v) is 6.92. The van der Waals surface area contributed by atoms with Crippen LogP contribution in [0.2, 0.25) is 0 Å². The molecule has 0 aliphatic carbocycles. The standard InChI is InChI=1S/C22H30N2O3/c1-6-16-7-9-17(10-8-16)22(15(2)3)23-14-21(25)24-19-12-11-18(26-4)13-20(19)27-5/h7-13,15,22-23H,6,14H2,1-5H3,(H,24,25)/p+1/t22-/m0/s1. The Balaban J connectivity index is 2.01. The Bertz CT molecular complexity index is 742. The number of carbonyl (C=O) groups is 1. The first-order valence-electron chi connectivity index (χ1n) is 9.42. The molecule has 2 aromatic rings. The van der Waals surface area contributed by atoms with Gasteiger partial charge in [-0.15, -0.1) is 0 Å². The number of hydrogen-bond donors (Lipinski definition) is 2. The van der Waals surface area contributed by atoms with E-state index in [1.165, 1.54) is 11.1 Å². The second kappa shape index (κ2) is 9.97. The highest BCUT2D eigenvalue weighted by Crippen LogP contribution is 2.28. The number of nitrogens with two attached hydrogens (primary N) is 1. The van der Waals surface area contributed by atoms with Gasteiger partial charge in [0.25, 0.3) is 5.91 Å². The summed E-state index contributed by atoms with van der Waals surface area (Å²) in [7, 11) is 3.17. The van der Waals surface area contributed by atoms with Crippen LogP contribution in [0.5, 0.6) is 11.5 Å². The minimum Gasteiger partial charge on any atom is -0.497 e. The largest absolute Gasteiger partial charge is 0.497 e. The zero-order valence-electron chi connectivity index (χ0n) is 16.9. The van der Waals surface area contributed by atoms with E-state index < -0.39 is 0 Å². The summed E-state index contributed by atoms with van der Waals surface area (Å²) in [5.74, 6) is 1.63. The number of aryl methyl sites for hydroxylation is 1. The first-order valence-corrected chi connectivity index (χ1v) is 9.42. The smallest absolute Gasteiger partial charge is 0.279 e. The third-order valence-electron chi connectivity index (χ3n) is 4.73. The zero-order chi connectivity index (χ0) is 19.8. The third kappa shape index (κ3) is 5.73. The molecular formula is C22H31N2O3+. The van der Waals surface area contributed by atoms with E-state index in [-0.39, 0.29) is 11.9 Å². The SMILES string of the molecule is CCc1ccc([C@@H]([NH2+]CC(=O)Nc2ccc(OC)cc2OC)C(C)C)cc1. The monoisotopic (exact) mass is 371 g/mol. The van der Waals surface area contributed by atoms with Gasteiger partial charge in [-0.2, -0.15) is 0 Å². The number of nitrogens with one attached hydrogen (secondary N) is 1. The van der Waals surface area contributed by atoms with Crippen LogP contribution in [0.3, 0.4) is 0 Å². The van der Waals surface area contributed by atoms with Crippen LogP contribution < -0.4 is 20.1 Å². The number of anilines is 1. The topological polar surface area (TPSA) is 64.2 Å². The molecule has 3 N–H and O–H groups in total. The van der Waals surface area contributed by atoms with Crippen molar-refractivity contribution in [3.05, 3.63) is 53.6 Å². The lowest BCUT2D eigenvalue weighted by Gasteiger charge is -2.20. The van der Waals surface area contributed by atoms with Crippen molar-refractivity contribution in [3.8, 4) is 11.5 Å². The van der Waals surface area contributed by atoms with E-state index in [1.807, 2.05) is 0 Å². The highest BCUT2D eigenvalue weighted by molar-refractivity contribution is 5.93. The summed E-state index contributed by atoms with van der Waals surface area (Å²) in [4.78, 5) is 12.5. The van der Waals surface area contributed by atoms with Crippen LogP contribution >= 0.6 is 0 Å². The molecule has 0 saturated carbocycles. The van der Waals surface area contributed by atoms with E-state index in [4.69, 9.17) is 9.47 Å². The summed E-state index contributed by atoms with van der Waals surface area (Å²) in [6.07, 6.45) is 1.03. The van der Waals surface area contributed by atoms with Gasteiger partial charge in [-0.05, 0) is 24.1 Å². The molecular weight excluding hydrogens is 340 g/mol. The summed E-state index contributed by atoms with van der Waals surface area (Å²) in [6.45, 7) is 6.85. The van der Waals surface area contributed by atoms with Gasteiger partial charge in [0.2, 0.25) is 0 Å². The molecule has 1 amide bonds. The van der Waals surface area contributed by atoms with Crippen molar-refractivity contribution in [2.45, 2.75) is 33.2 Å². The Labute approximate surface area is 162 Å². The van der Waals surface area contributed by atoms with Crippen molar-refractivity contribution < 1.29 is 19.6 Å². The lowest BCUT2D eigenvalue weighted by Crippen LogP contribution is -2.88. The van der Waals surface area contributed by atoms with Gasteiger partial charge in [0.05, 0.1) is 19.9 Å². The highest BCUT2D eigenvalue weighted by atomic mass is 16.5. The molecule has 5 nitrogen and oxygen atoms in total. The van der Waals surface area contributed by atoms with Gasteiger partial charge >= 0.3 is 0 Å². The summed E-state index contributed by atoms with van der Waals surface area (Å²) < 4.78 is 10.5. The number of methoxy groups -OCH3 is 2. The van der Waals surface area contributed by atoms with Gasteiger partial charge in [0.1, 0.15) is 17.5 Å². The van der Waals surface area contributed by atoms with Gasteiger partial charge in [-0.25, -0.2) is 0 Å². The predicted molar refractivity (Wildman–Crippen MR) is 108 cm³/mol. The molecule has 1 atom stereocenters. The number of ether oxygens (including phenoxy) is 2. The fraction of sp³-hybridized carbons (Fsp3) is 0.409. The van der Waals surface area contributed by atoms with Crippen LogP contribution in [-0.2, 0) is 11.2 Å². The summed E-state index contributed by atoms with van der Waals surface area (Å²) >= 11 is 0. The van der Waals surface area contributed by atoms with Crippen LogP contribution in [-0.4, -0.2) is 26.7 Å². The minimum atomic E-state index is -0.0608. The molecule has 2 rings (SSSR count). The Hall–Kier alpha value is -2.53. The van der Waals surface area contributed by atoms with E-state index in [9.17, 15) is 4.79 Å². The van der Waals surface area contributed by atoms with Crippen LogP contribution in [0, 0.1) is 5.92 Å². The average Bonchev–Trinajstić information content (AvgIpc) is 2.68. The quantitative estimate of drug-likeness (QED) is 0.712. The maximum Gasteiger partial charge on any atom is 0.279 e. The molecule has 5 heteroatoms. The van der Waals surface area contributed by atoms with Gasteiger partial charge in [-0.3, -0.25) is 4.79 Å². The van der Waals surface area contributed by atoms with E-state index in [0.29, 0.717) is 29.6 Å². The molecule has 146 valence electrons. The summed E-state index contributed by atoms with van der Waals surface area (Å²) in [5, 5.41) is 5.02. The van der Waals surface area contributed by atoms with Crippen molar-refractivity contribution in [2.75, 3.05) is 26.1 Å². The van der Waals surface area contributed by atoms with Gasteiger partial charge in [-0.1, -0.05) is 45.0 Å². The fourth-order valence-corrected chi connectivity index (χ4v) is 3.11. The minimum absolute atomic E-state index is 0.0608. The molecule has 0 spiro atoms. The van der Waals surface area contributed by atoms with E-state index in [2.05, 4.69) is 55.7 Å². The number of hydrogen-bond acceptors (Lipinski definition) is 3. The Morgan fingerprint density at radius 3 is 2.33 bits per heavy atom. The Morgan fingerprint density at radius 1 is 1.07 bits per heavy atom. The molecule has 0 aliphatic heterocycles. The van der Waals surface area contributed by atoms with Crippen molar-refractivity contribution in [1.29, 1.82) is 0 Å². The zero-order valence-corrected chi connectivity index (χ0v) is 16.9. The maximum absolute atomic E-state index is 12.5. The van der Waals surface area contributed by atoms with Gasteiger partial charge < -0.3 is 20.1 Å². The third-order valence-corrected chi connectivity index (χ3v) is 4.73. The molecule has 0 bridgehead atoms. The number of benzene rings is 2. The van der Waals surface area contributed by atoms with Crippen LogP contribution in [0.15, 0.2) is 42.5 Å². The molecule has 0 fully saturated rings. The normalized spacial score (nSPS) is 11.9. The molecule has 0 radical (unpaired) electrons. The second-order valence-electron chi connectivity index (χ2n) is 6.92. The Morgan fingerprint density at radius 2 is 1.78 bits per heavy atom. The van der Waals surface area contributed by atoms with Crippen molar-refractivity contribution in [1.82, 2.24) is 0 Å². The lowest BCUT2D eigenvalue weighted by molar-refractivity contribution is -0.692. The van der Waals surface area contributed by atoms with Crippen LogP contribution in [0.1, 0.15) is 37.9 Å². The number of rotatable bonds is 9. The van der Waals surface area contributed by atoms with Gasteiger partial charge in [0.15, 0.2) is 6.54 Å². The molecule has 0 heterocycles. The van der Waals surface area contributed by atoms with Gasteiger partial charge in [0, 0.05) is 17.5 Å². The molecule has 27 heavy (non-hydrogen) atoms. The van der Waals surface area contributed by atoms with Crippen molar-refractivity contribution in [3.63, 3.8) is 0 Å². The molecule has 0 unspecified atom stereocenters. The average molecular weight is 372 g/mol. The summed E-state index contributed by atoms with van der Waals surface area (Å²) in [6, 6.07) is 14.3. The fourth-order valence-electron chi connectivity index (χ4n) is 3.11. The van der Waals surface area contributed by atoms with Crippen LogP contribution in [0.25, 0.3) is 0 Å². The molecule has 0 saturated heterocycles. The number of amides is 1. The highest BCUT2D eigenvalue weighted by Gasteiger charge is 2.21. The van der Waals surface area contributed by atoms with E-state index in [1.54, 1.807) is 32.4 Å². The van der Waals surface area contributed by atoms with E-state index in [0.717, 1.165) is 6.42 Å². The number of carbonyl (C=O) groups excluding carboxylic acids is 1. The molecule has 2 aromatic carbocycles. The van der Waals surface area contributed by atoms with Crippen molar-refractivity contribution >= 4 is 11.6 Å². The van der Waals surface area contributed by atoms with Crippen LogP contribution in [0.4, 0.5) is 5.69 Å². The Kier molecular flexibility index (Phi) is 7.67. The van der Waals surface area contributed by atoms with E-state index >= 15 is 0 Å². The van der Waals surface area contributed by atoms with Crippen molar-refractivity contribution in [2.24, 2.45) is 5.92 Å². The first kappa shape index (κ1) is 20.8. The predicted octanol–water partition coefficient (Wildman–Crippen LogP) is 3.17. The number of quaternary nitrogens is 1. The first-order chi connectivity index (χ1) is 13.0. The maximum atomic E-state index is 12.5. The molecule has 0 aromatic heterocycles. The molecule has 0 aliphatic rings.